The summed E-state index contributed by atoms with van der Waals surface area (Å²) < 4.78 is 6.67. The molecule has 29 heavy (non-hydrogen) atoms. The number of hydrogen-bond donors (Lipinski definition) is 3. The van der Waals surface area contributed by atoms with Gasteiger partial charge in [-0.15, -0.1) is 0 Å². The van der Waals surface area contributed by atoms with Gasteiger partial charge >= 0.3 is 0 Å². The maximum absolute atomic E-state index is 12.1. The Balaban J connectivity index is 1.85. The molecule has 0 saturated carbocycles. The van der Waals surface area contributed by atoms with Gasteiger partial charge in [0.15, 0.2) is 11.7 Å². The van der Waals surface area contributed by atoms with Crippen LogP contribution in [0.2, 0.25) is 5.02 Å². The summed E-state index contributed by atoms with van der Waals surface area (Å²) in [5, 5.41) is 2.93. The fraction of sp³-hybridized carbons (Fsp3) is 0.250. The molecular weight excluding hydrogens is 478 g/mol. The highest BCUT2D eigenvalue weighted by atomic mass is 79.9. The summed E-state index contributed by atoms with van der Waals surface area (Å²) >= 11 is 14.3. The topological polar surface area (TPSA) is 79.5 Å². The molecule has 0 heterocycles. The SMILES string of the molecule is Cc1cc(OCC(=O)NC(=S)NNC(=O)c2ccc(Cl)cc2)c(C(C)C)cc1Br. The standard InChI is InChI=1S/C20H21BrClN3O3S/c1-11(2)15-9-16(21)12(3)8-17(15)28-10-18(26)23-20(29)25-24-19(27)13-4-6-14(22)7-5-13/h4-9,11H,10H2,1-3H3,(H,24,27)(H2,23,25,26,29). The largest absolute Gasteiger partial charge is 0.483 e. The minimum Gasteiger partial charge on any atom is -0.483 e. The predicted molar refractivity (Wildman–Crippen MR) is 121 cm³/mol. The van der Waals surface area contributed by atoms with E-state index in [0.717, 1.165) is 15.6 Å². The number of carbonyl (C=O) groups excluding carboxylic acids is 2. The second-order valence-corrected chi connectivity index (χ2v) is 8.24. The Labute approximate surface area is 188 Å². The Morgan fingerprint density at radius 3 is 2.45 bits per heavy atom. The molecule has 9 heteroatoms. The van der Waals surface area contributed by atoms with Crippen LogP contribution in [0.25, 0.3) is 0 Å². The number of carbonyl (C=O) groups is 2. The lowest BCUT2D eigenvalue weighted by Gasteiger charge is -2.16. The van der Waals surface area contributed by atoms with Gasteiger partial charge in [0.2, 0.25) is 0 Å². The molecule has 3 N–H and O–H groups in total. The predicted octanol–water partition coefficient (Wildman–Crippen LogP) is 4.25. The van der Waals surface area contributed by atoms with E-state index in [0.29, 0.717) is 16.3 Å². The normalized spacial score (nSPS) is 10.4. The number of benzene rings is 2. The Bertz CT molecular complexity index is 920. The molecule has 0 aliphatic heterocycles. The number of aryl methyl sites for hydroxylation is 1. The molecule has 0 saturated heterocycles. The summed E-state index contributed by atoms with van der Waals surface area (Å²) in [6.07, 6.45) is 0. The summed E-state index contributed by atoms with van der Waals surface area (Å²) in [6, 6.07) is 10.2. The number of hydrazine groups is 1. The molecule has 0 aliphatic rings. The molecule has 0 fully saturated rings. The van der Waals surface area contributed by atoms with Crippen molar-refractivity contribution in [3.63, 3.8) is 0 Å². The van der Waals surface area contributed by atoms with E-state index in [1.807, 2.05) is 32.9 Å². The smallest absolute Gasteiger partial charge is 0.269 e. The van der Waals surface area contributed by atoms with Crippen LogP contribution in [0.4, 0.5) is 0 Å². The first-order valence-corrected chi connectivity index (χ1v) is 10.3. The zero-order chi connectivity index (χ0) is 21.6. The Morgan fingerprint density at radius 1 is 1.17 bits per heavy atom. The highest BCUT2D eigenvalue weighted by molar-refractivity contribution is 9.10. The van der Waals surface area contributed by atoms with Crippen LogP contribution >= 0.6 is 39.7 Å². The van der Waals surface area contributed by atoms with E-state index >= 15 is 0 Å². The van der Waals surface area contributed by atoms with E-state index in [-0.39, 0.29) is 17.6 Å². The third-order valence-corrected chi connectivity index (χ3v) is 5.23. The Hall–Kier alpha value is -2.16. The zero-order valence-electron chi connectivity index (χ0n) is 16.1. The van der Waals surface area contributed by atoms with Gasteiger partial charge < -0.3 is 4.74 Å². The molecule has 2 rings (SSSR count). The van der Waals surface area contributed by atoms with Crippen LogP contribution in [-0.2, 0) is 4.79 Å². The highest BCUT2D eigenvalue weighted by Crippen LogP contribution is 2.32. The highest BCUT2D eigenvalue weighted by Gasteiger charge is 2.13. The number of ether oxygens (including phenoxy) is 1. The fourth-order valence-electron chi connectivity index (χ4n) is 2.37. The van der Waals surface area contributed by atoms with Gasteiger partial charge in [0, 0.05) is 15.1 Å². The van der Waals surface area contributed by atoms with Gasteiger partial charge in [-0.2, -0.15) is 0 Å². The van der Waals surface area contributed by atoms with E-state index in [2.05, 4.69) is 32.1 Å². The lowest BCUT2D eigenvalue weighted by molar-refractivity contribution is -0.121. The second-order valence-electron chi connectivity index (χ2n) is 6.55. The molecule has 0 aromatic heterocycles. The summed E-state index contributed by atoms with van der Waals surface area (Å²) in [5.41, 5.74) is 7.27. The summed E-state index contributed by atoms with van der Waals surface area (Å²) in [4.78, 5) is 24.1. The van der Waals surface area contributed by atoms with Crippen LogP contribution in [0.3, 0.4) is 0 Å². The lowest BCUT2D eigenvalue weighted by atomic mass is 10.0. The maximum atomic E-state index is 12.1. The number of halogens is 2. The van der Waals surface area contributed by atoms with Gasteiger partial charge in [-0.25, -0.2) is 0 Å². The van der Waals surface area contributed by atoms with E-state index in [4.69, 9.17) is 28.6 Å². The quantitative estimate of drug-likeness (QED) is 0.424. The minimum atomic E-state index is -0.446. The average Bonchev–Trinajstić information content (AvgIpc) is 2.67. The van der Waals surface area contributed by atoms with E-state index in [9.17, 15) is 9.59 Å². The number of amides is 2. The van der Waals surface area contributed by atoms with E-state index in [1.165, 1.54) is 0 Å². The molecule has 0 spiro atoms. The summed E-state index contributed by atoms with van der Waals surface area (Å²) in [5.74, 6) is 0.0153. The molecule has 2 aromatic carbocycles. The molecule has 0 aliphatic carbocycles. The Morgan fingerprint density at radius 2 is 1.83 bits per heavy atom. The molecule has 0 radical (unpaired) electrons. The van der Waals surface area contributed by atoms with Crippen molar-refractivity contribution in [3.05, 3.63) is 62.6 Å². The van der Waals surface area contributed by atoms with Gasteiger partial charge in [0.25, 0.3) is 11.8 Å². The first-order valence-electron chi connectivity index (χ1n) is 8.76. The van der Waals surface area contributed by atoms with E-state index < -0.39 is 11.8 Å². The van der Waals surface area contributed by atoms with Crippen LogP contribution in [0.1, 0.15) is 41.3 Å². The van der Waals surface area contributed by atoms with Crippen LogP contribution in [0, 0.1) is 6.92 Å². The van der Waals surface area contributed by atoms with Crippen molar-refractivity contribution < 1.29 is 14.3 Å². The van der Waals surface area contributed by atoms with Gasteiger partial charge in [0.05, 0.1) is 0 Å². The van der Waals surface area contributed by atoms with Crippen molar-refractivity contribution in [3.8, 4) is 5.75 Å². The van der Waals surface area contributed by atoms with Crippen molar-refractivity contribution in [2.24, 2.45) is 0 Å². The van der Waals surface area contributed by atoms with Crippen molar-refractivity contribution in [1.29, 1.82) is 0 Å². The van der Waals surface area contributed by atoms with Crippen molar-refractivity contribution in [2.75, 3.05) is 6.61 Å². The Kier molecular flexibility index (Phi) is 8.43. The van der Waals surface area contributed by atoms with Crippen LogP contribution < -0.4 is 20.9 Å². The monoisotopic (exact) mass is 497 g/mol. The number of hydrogen-bond acceptors (Lipinski definition) is 4. The zero-order valence-corrected chi connectivity index (χ0v) is 19.3. The molecule has 2 amide bonds. The van der Waals surface area contributed by atoms with Crippen LogP contribution in [0.15, 0.2) is 40.9 Å². The lowest BCUT2D eigenvalue weighted by Crippen LogP contribution is -2.49. The third kappa shape index (κ3) is 6.99. The number of rotatable bonds is 5. The molecule has 0 unspecified atom stereocenters. The molecular formula is C20H21BrClN3O3S. The van der Waals surface area contributed by atoms with Crippen LogP contribution in [-0.4, -0.2) is 23.5 Å². The molecule has 0 bridgehead atoms. The van der Waals surface area contributed by atoms with E-state index in [1.54, 1.807) is 24.3 Å². The number of nitrogens with one attached hydrogen (secondary N) is 3. The number of thiocarbonyl (C=S) groups is 1. The van der Waals surface area contributed by atoms with Crippen molar-refractivity contribution >= 4 is 56.7 Å². The first-order chi connectivity index (χ1) is 13.7. The summed E-state index contributed by atoms with van der Waals surface area (Å²) in [7, 11) is 0. The molecule has 2 aromatic rings. The van der Waals surface area contributed by atoms with Gasteiger partial charge in [-0.3, -0.25) is 25.8 Å². The van der Waals surface area contributed by atoms with Crippen molar-refractivity contribution in [1.82, 2.24) is 16.2 Å². The second kappa shape index (κ2) is 10.6. The minimum absolute atomic E-state index is 0.0445. The first kappa shape index (κ1) is 23.1. The maximum Gasteiger partial charge on any atom is 0.269 e. The third-order valence-electron chi connectivity index (χ3n) is 3.92. The molecule has 154 valence electrons. The van der Waals surface area contributed by atoms with Gasteiger partial charge in [-0.05, 0) is 72.6 Å². The van der Waals surface area contributed by atoms with Gasteiger partial charge in [0.1, 0.15) is 5.75 Å². The average molecular weight is 499 g/mol. The fourth-order valence-corrected chi connectivity index (χ4v) is 3.02. The molecule has 0 atom stereocenters. The van der Waals surface area contributed by atoms with Gasteiger partial charge in [-0.1, -0.05) is 41.4 Å². The van der Waals surface area contributed by atoms with Crippen LogP contribution in [0.5, 0.6) is 5.75 Å². The molecule has 6 nitrogen and oxygen atoms in total. The summed E-state index contributed by atoms with van der Waals surface area (Å²) in [6.45, 7) is 5.83. The van der Waals surface area contributed by atoms with Crippen molar-refractivity contribution in [2.45, 2.75) is 26.7 Å².